The number of ketones is 1. The highest BCUT2D eigenvalue weighted by Crippen LogP contribution is 2.43. The summed E-state index contributed by atoms with van der Waals surface area (Å²) < 4.78 is 0. The molecule has 19 heavy (non-hydrogen) atoms. The van der Waals surface area contributed by atoms with Crippen LogP contribution in [-0.2, 0) is 6.42 Å². The summed E-state index contributed by atoms with van der Waals surface area (Å²) in [6, 6.07) is 2.11. The van der Waals surface area contributed by atoms with Gasteiger partial charge in [0.1, 0.15) is 5.69 Å². The van der Waals surface area contributed by atoms with Gasteiger partial charge in [-0.2, -0.15) is 0 Å². The first-order chi connectivity index (χ1) is 9.00. The van der Waals surface area contributed by atoms with Gasteiger partial charge in [0.05, 0.1) is 5.41 Å². The van der Waals surface area contributed by atoms with Gasteiger partial charge in [-0.25, -0.2) is 0 Å². The van der Waals surface area contributed by atoms with Crippen molar-refractivity contribution in [2.75, 3.05) is 0 Å². The molecule has 0 aromatic carbocycles. The number of allylic oxidation sites excluding steroid dienone is 4. The fraction of sp³-hybridized carbons (Fsp3) is 0.412. The lowest BCUT2D eigenvalue weighted by molar-refractivity contribution is 0.0818. The highest BCUT2D eigenvalue weighted by Gasteiger charge is 2.42. The van der Waals surface area contributed by atoms with Gasteiger partial charge in [0.2, 0.25) is 0 Å². The lowest BCUT2D eigenvalue weighted by atomic mass is 9.69. The quantitative estimate of drug-likeness (QED) is 0.706. The third-order valence-electron chi connectivity index (χ3n) is 4.46. The second-order valence-electron chi connectivity index (χ2n) is 6.02. The normalized spacial score (nSPS) is 29.3. The van der Waals surface area contributed by atoms with E-state index in [1.54, 1.807) is 6.20 Å². The Kier molecular flexibility index (Phi) is 2.70. The van der Waals surface area contributed by atoms with Crippen LogP contribution in [0, 0.1) is 18.3 Å². The van der Waals surface area contributed by atoms with Gasteiger partial charge in [-0.15, -0.1) is 0 Å². The van der Waals surface area contributed by atoms with E-state index < -0.39 is 5.41 Å². The third kappa shape index (κ3) is 1.86. The van der Waals surface area contributed by atoms with Crippen LogP contribution in [0.2, 0.25) is 0 Å². The lowest BCUT2D eigenvalue weighted by Gasteiger charge is -2.33. The molecule has 98 valence electrons. The summed E-state index contributed by atoms with van der Waals surface area (Å²) in [5.41, 5.74) is 3.75. The van der Waals surface area contributed by atoms with Crippen LogP contribution in [0.25, 0.3) is 0 Å². The van der Waals surface area contributed by atoms with Crippen LogP contribution in [0.4, 0.5) is 0 Å². The van der Waals surface area contributed by atoms with E-state index in [0.717, 1.165) is 24.0 Å². The van der Waals surface area contributed by atoms with Gasteiger partial charge in [0.15, 0.2) is 5.78 Å². The first-order valence-electron chi connectivity index (χ1n) is 6.89. The third-order valence-corrected chi connectivity index (χ3v) is 4.46. The van der Waals surface area contributed by atoms with Crippen LogP contribution in [0.5, 0.6) is 0 Å². The fourth-order valence-electron chi connectivity index (χ4n) is 3.19. The molecule has 1 heterocycles. The Balaban J connectivity index is 2.13. The number of hydrogen-bond acceptors (Lipinski definition) is 2. The first kappa shape index (κ1) is 12.3. The molecule has 0 bridgehead atoms. The highest BCUT2D eigenvalue weighted by molar-refractivity contribution is 6.02. The van der Waals surface area contributed by atoms with Gasteiger partial charge in [-0.3, -0.25) is 9.78 Å². The van der Waals surface area contributed by atoms with Crippen LogP contribution in [0.1, 0.15) is 41.9 Å². The Morgan fingerprint density at radius 1 is 1.37 bits per heavy atom. The topological polar surface area (TPSA) is 30.0 Å². The number of carbonyl (C=O) groups is 1. The monoisotopic (exact) mass is 253 g/mol. The number of nitrogens with zero attached hydrogens (tertiary/aromatic N) is 1. The molecule has 1 aromatic heterocycles. The molecule has 0 saturated carbocycles. The van der Waals surface area contributed by atoms with Gasteiger partial charge < -0.3 is 0 Å². The minimum Gasteiger partial charge on any atom is -0.291 e. The number of aryl methyl sites for hydroxylation is 2. The molecule has 0 radical (unpaired) electrons. The van der Waals surface area contributed by atoms with Gasteiger partial charge >= 0.3 is 0 Å². The summed E-state index contributed by atoms with van der Waals surface area (Å²) in [5.74, 6) is 0.463. The van der Waals surface area contributed by atoms with Crippen molar-refractivity contribution in [2.24, 2.45) is 11.3 Å². The molecule has 2 heteroatoms. The van der Waals surface area contributed by atoms with E-state index in [4.69, 9.17) is 0 Å². The predicted molar refractivity (Wildman–Crippen MR) is 76.1 cm³/mol. The molecule has 2 aliphatic rings. The SMILES string of the molecule is CC1=CC2CCc3cc(C)cnc3C(=O)C2(C)C=C1. The summed E-state index contributed by atoms with van der Waals surface area (Å²) in [6.07, 6.45) is 10.1. The minimum absolute atomic E-state index is 0.171. The second-order valence-corrected chi connectivity index (χ2v) is 6.02. The predicted octanol–water partition coefficient (Wildman–Crippen LogP) is 3.66. The molecule has 0 fully saturated rings. The summed E-state index contributed by atoms with van der Waals surface area (Å²) in [6.45, 7) is 6.18. The van der Waals surface area contributed by atoms with Crippen molar-refractivity contribution in [1.82, 2.24) is 4.98 Å². The van der Waals surface area contributed by atoms with Crippen molar-refractivity contribution < 1.29 is 4.79 Å². The van der Waals surface area contributed by atoms with E-state index in [1.807, 2.05) is 6.92 Å². The van der Waals surface area contributed by atoms with Gasteiger partial charge in [0, 0.05) is 6.20 Å². The summed E-state index contributed by atoms with van der Waals surface area (Å²) in [4.78, 5) is 17.3. The number of aromatic nitrogens is 1. The fourth-order valence-corrected chi connectivity index (χ4v) is 3.19. The number of pyridine rings is 1. The molecule has 0 spiro atoms. The molecule has 2 nitrogen and oxygen atoms in total. The second kappa shape index (κ2) is 4.16. The molecular weight excluding hydrogens is 234 g/mol. The Morgan fingerprint density at radius 3 is 2.95 bits per heavy atom. The van der Waals surface area contributed by atoms with Crippen molar-refractivity contribution in [3.05, 3.63) is 52.9 Å². The average molecular weight is 253 g/mol. The Morgan fingerprint density at radius 2 is 2.16 bits per heavy atom. The zero-order valence-electron chi connectivity index (χ0n) is 11.7. The maximum absolute atomic E-state index is 12.9. The van der Waals surface area contributed by atoms with Crippen molar-refractivity contribution in [3.8, 4) is 0 Å². The van der Waals surface area contributed by atoms with Gasteiger partial charge in [-0.05, 0) is 50.7 Å². The van der Waals surface area contributed by atoms with Crippen LogP contribution < -0.4 is 0 Å². The molecule has 2 atom stereocenters. The zero-order valence-corrected chi connectivity index (χ0v) is 11.7. The van der Waals surface area contributed by atoms with E-state index in [-0.39, 0.29) is 5.78 Å². The number of rotatable bonds is 0. The van der Waals surface area contributed by atoms with Gasteiger partial charge in [-0.1, -0.05) is 29.9 Å². The van der Waals surface area contributed by atoms with Crippen molar-refractivity contribution in [2.45, 2.75) is 33.6 Å². The highest BCUT2D eigenvalue weighted by atomic mass is 16.1. The standard InChI is InChI=1S/C17H19NO/c1-11-6-7-17(3)14(9-11)5-4-13-8-12(2)10-18-15(13)16(17)19/h6-10,14H,4-5H2,1-3H3. The number of Topliss-reactive ketones (excluding diaryl/α,β-unsaturated/α-hetero) is 1. The zero-order chi connectivity index (χ0) is 13.6. The summed E-state index contributed by atoms with van der Waals surface area (Å²) in [5, 5.41) is 0. The van der Waals surface area contributed by atoms with E-state index in [2.05, 4.69) is 43.1 Å². The van der Waals surface area contributed by atoms with Crippen LogP contribution in [0.3, 0.4) is 0 Å². The minimum atomic E-state index is -0.424. The largest absolute Gasteiger partial charge is 0.291 e. The molecule has 0 N–H and O–H groups in total. The van der Waals surface area contributed by atoms with E-state index in [1.165, 1.54) is 5.57 Å². The smallest absolute Gasteiger partial charge is 0.191 e. The Bertz CT molecular complexity index is 612. The van der Waals surface area contributed by atoms with Crippen LogP contribution >= 0.6 is 0 Å². The van der Waals surface area contributed by atoms with Crippen LogP contribution in [0.15, 0.2) is 36.1 Å². The molecular formula is C17H19NO. The molecule has 2 aliphatic carbocycles. The Labute approximate surface area is 114 Å². The number of fused-ring (bicyclic) bond motifs is 2. The summed E-state index contributed by atoms with van der Waals surface area (Å²) >= 11 is 0. The first-order valence-corrected chi connectivity index (χ1v) is 6.89. The van der Waals surface area contributed by atoms with E-state index in [0.29, 0.717) is 11.6 Å². The molecule has 0 aliphatic heterocycles. The van der Waals surface area contributed by atoms with Crippen LogP contribution in [-0.4, -0.2) is 10.8 Å². The maximum Gasteiger partial charge on any atom is 0.191 e. The van der Waals surface area contributed by atoms with E-state index in [9.17, 15) is 4.79 Å². The number of hydrogen-bond donors (Lipinski definition) is 0. The van der Waals surface area contributed by atoms with Crippen molar-refractivity contribution in [1.29, 1.82) is 0 Å². The van der Waals surface area contributed by atoms with E-state index >= 15 is 0 Å². The lowest BCUT2D eigenvalue weighted by Crippen LogP contribution is -2.34. The molecule has 2 unspecified atom stereocenters. The molecule has 3 rings (SSSR count). The van der Waals surface area contributed by atoms with Crippen molar-refractivity contribution in [3.63, 3.8) is 0 Å². The average Bonchev–Trinajstić information content (AvgIpc) is 2.48. The number of carbonyl (C=O) groups excluding carboxylic acids is 1. The molecule has 0 amide bonds. The molecule has 1 aromatic rings. The Hall–Kier alpha value is -1.70. The summed E-state index contributed by atoms with van der Waals surface area (Å²) in [7, 11) is 0. The molecule has 0 saturated heterocycles. The maximum atomic E-state index is 12.9. The van der Waals surface area contributed by atoms with Crippen molar-refractivity contribution >= 4 is 5.78 Å². The van der Waals surface area contributed by atoms with Gasteiger partial charge in [0.25, 0.3) is 0 Å².